The molecule has 1 saturated heterocycles. The van der Waals surface area contributed by atoms with Crippen molar-refractivity contribution in [1.82, 2.24) is 9.88 Å². The quantitative estimate of drug-likeness (QED) is 0.754. The van der Waals surface area contributed by atoms with Crippen LogP contribution in [0.15, 0.2) is 30.5 Å². The van der Waals surface area contributed by atoms with Crippen molar-refractivity contribution in [1.29, 1.82) is 0 Å². The number of halogens is 4. The zero-order chi connectivity index (χ0) is 18.0. The highest BCUT2D eigenvalue weighted by Crippen LogP contribution is 2.36. The first-order chi connectivity index (χ1) is 11.8. The maximum atomic E-state index is 13.3. The van der Waals surface area contributed by atoms with E-state index >= 15 is 0 Å². The first-order valence-electron chi connectivity index (χ1n) is 7.67. The number of aromatic nitrogens is 1. The molecule has 1 aliphatic rings. The predicted molar refractivity (Wildman–Crippen MR) is 86.2 cm³/mol. The zero-order valence-corrected chi connectivity index (χ0v) is 13.9. The van der Waals surface area contributed by atoms with Gasteiger partial charge in [0.05, 0.1) is 6.20 Å². The molecule has 1 aromatic heterocycles. The molecule has 1 fully saturated rings. The fraction of sp³-hybridized carbons (Fsp3) is 0.375. The summed E-state index contributed by atoms with van der Waals surface area (Å²) >= 11 is 0.600. The summed E-state index contributed by atoms with van der Waals surface area (Å²) in [5.41, 5.74) is 0.266. The zero-order valence-electron chi connectivity index (χ0n) is 13.1. The minimum absolute atomic E-state index is 0.266. The summed E-state index contributed by atoms with van der Waals surface area (Å²) in [4.78, 5) is 18.9. The van der Waals surface area contributed by atoms with Crippen LogP contribution in [0.5, 0.6) is 0 Å². The third kappa shape index (κ3) is 4.09. The van der Waals surface area contributed by atoms with Gasteiger partial charge in [-0.25, -0.2) is 9.37 Å². The van der Waals surface area contributed by atoms with Gasteiger partial charge in [0, 0.05) is 31.7 Å². The van der Waals surface area contributed by atoms with Gasteiger partial charge in [0.1, 0.15) is 10.7 Å². The molecule has 9 heteroatoms. The summed E-state index contributed by atoms with van der Waals surface area (Å²) in [5.74, 6) is -0.763. The highest BCUT2D eigenvalue weighted by Gasteiger charge is 2.34. The number of anilines is 1. The Kier molecular flexibility index (Phi) is 4.94. The van der Waals surface area contributed by atoms with Crippen LogP contribution < -0.4 is 4.90 Å². The molecule has 0 spiro atoms. The molecule has 0 atom stereocenters. The van der Waals surface area contributed by atoms with E-state index in [2.05, 4.69) is 4.98 Å². The molecule has 25 heavy (non-hydrogen) atoms. The Labute approximate surface area is 145 Å². The highest BCUT2D eigenvalue weighted by molar-refractivity contribution is 7.15. The molecular weight excluding hydrogens is 358 g/mol. The maximum Gasteiger partial charge on any atom is 0.427 e. The van der Waals surface area contributed by atoms with Crippen molar-refractivity contribution in [3.63, 3.8) is 0 Å². The van der Waals surface area contributed by atoms with E-state index in [9.17, 15) is 22.4 Å². The van der Waals surface area contributed by atoms with Gasteiger partial charge in [-0.2, -0.15) is 13.2 Å². The van der Waals surface area contributed by atoms with Crippen molar-refractivity contribution in [3.05, 3.63) is 46.7 Å². The van der Waals surface area contributed by atoms with Gasteiger partial charge in [-0.3, -0.25) is 4.79 Å². The number of hydrogen-bond acceptors (Lipinski definition) is 4. The molecule has 0 N–H and O–H groups in total. The Morgan fingerprint density at radius 3 is 2.64 bits per heavy atom. The van der Waals surface area contributed by atoms with Gasteiger partial charge in [0.15, 0.2) is 5.13 Å². The van der Waals surface area contributed by atoms with Gasteiger partial charge in [-0.15, -0.1) is 0 Å². The lowest BCUT2D eigenvalue weighted by Crippen LogP contribution is -2.35. The molecule has 1 amide bonds. The number of carbonyl (C=O) groups excluding carboxylic acids is 1. The Morgan fingerprint density at radius 2 is 1.96 bits per heavy atom. The summed E-state index contributed by atoms with van der Waals surface area (Å²) in [7, 11) is 0. The minimum Gasteiger partial charge on any atom is -0.346 e. The standard InChI is InChI=1S/C16H15F4N3OS/c17-12-4-1-3-11(9-12)14(24)22-5-2-6-23(8-7-22)15-21-10-13(25-15)16(18,19)20/h1,3-4,9-10H,2,5-8H2. The van der Waals surface area contributed by atoms with Gasteiger partial charge < -0.3 is 9.80 Å². The molecule has 0 bridgehead atoms. The van der Waals surface area contributed by atoms with Crippen LogP contribution in [-0.2, 0) is 6.18 Å². The molecule has 134 valence electrons. The van der Waals surface area contributed by atoms with Crippen LogP contribution in [0.4, 0.5) is 22.7 Å². The van der Waals surface area contributed by atoms with Crippen LogP contribution in [-0.4, -0.2) is 42.0 Å². The number of rotatable bonds is 2. The summed E-state index contributed by atoms with van der Waals surface area (Å²) in [6.07, 6.45) is -2.97. The number of amides is 1. The molecule has 1 aromatic carbocycles. The van der Waals surface area contributed by atoms with Crippen molar-refractivity contribution < 1.29 is 22.4 Å². The fourth-order valence-electron chi connectivity index (χ4n) is 2.66. The molecule has 0 saturated carbocycles. The van der Waals surface area contributed by atoms with Crippen molar-refractivity contribution in [2.24, 2.45) is 0 Å². The normalized spacial score (nSPS) is 16.0. The van der Waals surface area contributed by atoms with Crippen LogP contribution in [0.1, 0.15) is 21.7 Å². The summed E-state index contributed by atoms with van der Waals surface area (Å²) in [5, 5.41) is 0.298. The molecule has 3 rings (SSSR count). The van der Waals surface area contributed by atoms with Gasteiger partial charge in [-0.05, 0) is 24.6 Å². The van der Waals surface area contributed by atoms with E-state index in [1.165, 1.54) is 18.2 Å². The van der Waals surface area contributed by atoms with E-state index in [0.717, 1.165) is 6.20 Å². The number of carbonyl (C=O) groups is 1. The van der Waals surface area contributed by atoms with Crippen LogP contribution in [0.2, 0.25) is 0 Å². The average molecular weight is 373 g/mol. The van der Waals surface area contributed by atoms with E-state index in [4.69, 9.17) is 0 Å². The van der Waals surface area contributed by atoms with Crippen molar-refractivity contribution in [3.8, 4) is 0 Å². The second kappa shape index (κ2) is 6.99. The lowest BCUT2D eigenvalue weighted by atomic mass is 10.2. The Balaban J connectivity index is 1.68. The highest BCUT2D eigenvalue weighted by atomic mass is 32.1. The SMILES string of the molecule is O=C(c1cccc(F)c1)N1CCCN(c2ncc(C(F)(F)F)s2)CC1. The smallest absolute Gasteiger partial charge is 0.346 e. The summed E-state index contributed by atoms with van der Waals surface area (Å²) < 4.78 is 51.4. The number of thiazole rings is 1. The predicted octanol–water partition coefficient (Wildman–Crippen LogP) is 3.65. The number of nitrogens with zero attached hydrogens (tertiary/aromatic N) is 3. The van der Waals surface area contributed by atoms with Crippen LogP contribution >= 0.6 is 11.3 Å². The molecule has 0 unspecified atom stereocenters. The molecule has 2 aromatic rings. The monoisotopic (exact) mass is 373 g/mol. The molecular formula is C16H15F4N3OS. The third-order valence-corrected chi connectivity index (χ3v) is 5.00. The number of alkyl halides is 3. The van der Waals surface area contributed by atoms with Crippen LogP contribution in [0.3, 0.4) is 0 Å². The lowest BCUT2D eigenvalue weighted by Gasteiger charge is -2.21. The first kappa shape index (κ1) is 17.7. The minimum atomic E-state index is -4.40. The van der Waals surface area contributed by atoms with E-state index < -0.39 is 16.9 Å². The molecule has 2 heterocycles. The molecule has 1 aliphatic heterocycles. The van der Waals surface area contributed by atoms with E-state index in [1.54, 1.807) is 15.9 Å². The second-order valence-electron chi connectivity index (χ2n) is 5.65. The Morgan fingerprint density at radius 1 is 1.16 bits per heavy atom. The number of hydrogen-bond donors (Lipinski definition) is 0. The van der Waals surface area contributed by atoms with Crippen LogP contribution in [0.25, 0.3) is 0 Å². The Hall–Kier alpha value is -2.16. The second-order valence-corrected chi connectivity index (χ2v) is 6.66. The average Bonchev–Trinajstić information content (AvgIpc) is 2.94. The first-order valence-corrected chi connectivity index (χ1v) is 8.49. The summed E-state index contributed by atoms with van der Waals surface area (Å²) in [6, 6.07) is 5.47. The maximum absolute atomic E-state index is 13.3. The molecule has 0 radical (unpaired) electrons. The van der Waals surface area contributed by atoms with Gasteiger partial charge >= 0.3 is 6.18 Å². The third-order valence-electron chi connectivity index (χ3n) is 3.90. The summed E-state index contributed by atoms with van der Waals surface area (Å²) in [6.45, 7) is 1.70. The van der Waals surface area contributed by atoms with Crippen molar-refractivity contribution >= 4 is 22.4 Å². The lowest BCUT2D eigenvalue weighted by molar-refractivity contribution is -0.134. The molecule has 0 aliphatic carbocycles. The van der Waals surface area contributed by atoms with Gasteiger partial charge in [-0.1, -0.05) is 17.4 Å². The van der Waals surface area contributed by atoms with E-state index in [-0.39, 0.29) is 11.5 Å². The van der Waals surface area contributed by atoms with E-state index in [1.807, 2.05) is 0 Å². The molecule has 4 nitrogen and oxygen atoms in total. The van der Waals surface area contributed by atoms with E-state index in [0.29, 0.717) is 49.1 Å². The van der Waals surface area contributed by atoms with Crippen molar-refractivity contribution in [2.75, 3.05) is 31.1 Å². The number of benzene rings is 1. The van der Waals surface area contributed by atoms with Crippen LogP contribution in [0, 0.1) is 5.82 Å². The fourth-order valence-corrected chi connectivity index (χ4v) is 3.49. The van der Waals surface area contributed by atoms with Crippen molar-refractivity contribution in [2.45, 2.75) is 12.6 Å². The van der Waals surface area contributed by atoms with Gasteiger partial charge in [0.25, 0.3) is 5.91 Å². The Bertz CT molecular complexity index is 762. The van der Waals surface area contributed by atoms with Gasteiger partial charge in [0.2, 0.25) is 0 Å². The largest absolute Gasteiger partial charge is 0.427 e. The topological polar surface area (TPSA) is 36.4 Å².